The molecule has 0 heterocycles. The number of aryl methyl sites for hydroxylation is 1. The predicted molar refractivity (Wildman–Crippen MR) is 114 cm³/mol. The Morgan fingerprint density at radius 2 is 1.78 bits per heavy atom. The van der Waals surface area contributed by atoms with E-state index in [4.69, 9.17) is 0 Å². The van der Waals surface area contributed by atoms with Crippen molar-refractivity contribution >= 4 is 16.3 Å². The lowest BCUT2D eigenvalue weighted by molar-refractivity contribution is 0.566. The van der Waals surface area contributed by atoms with E-state index >= 15 is 0 Å². The lowest BCUT2D eigenvalue weighted by Crippen LogP contribution is -2.27. The number of fused-ring (bicyclic) bond motifs is 1. The summed E-state index contributed by atoms with van der Waals surface area (Å²) in [5.74, 6) is 1.09. The summed E-state index contributed by atoms with van der Waals surface area (Å²) >= 11 is 0. The van der Waals surface area contributed by atoms with E-state index in [1.807, 2.05) is 0 Å². The zero-order valence-corrected chi connectivity index (χ0v) is 15.6. The van der Waals surface area contributed by atoms with Crippen molar-refractivity contribution in [3.05, 3.63) is 112 Å². The number of allylic oxidation sites excluding steroid dienone is 12. The molecule has 0 saturated carbocycles. The van der Waals surface area contributed by atoms with Crippen LogP contribution in [0.2, 0.25) is 0 Å². The minimum absolute atomic E-state index is 0.534. The average molecular weight is 346 g/mol. The fourth-order valence-corrected chi connectivity index (χ4v) is 5.26. The van der Waals surface area contributed by atoms with Crippen molar-refractivity contribution < 1.29 is 0 Å². The molecule has 2 aromatic rings. The highest BCUT2D eigenvalue weighted by Gasteiger charge is 2.37. The molecule has 0 amide bonds. The van der Waals surface area contributed by atoms with Gasteiger partial charge < -0.3 is 0 Å². The van der Waals surface area contributed by atoms with Crippen LogP contribution >= 0.6 is 0 Å². The smallest absolute Gasteiger partial charge is 0.0161 e. The molecule has 0 bridgehead atoms. The highest BCUT2D eigenvalue weighted by atomic mass is 14.4. The maximum atomic E-state index is 2.46. The van der Waals surface area contributed by atoms with Gasteiger partial charge in [-0.15, -0.1) is 0 Å². The van der Waals surface area contributed by atoms with Gasteiger partial charge >= 0.3 is 0 Å². The van der Waals surface area contributed by atoms with Crippen LogP contribution < -0.4 is 0 Å². The Kier molecular flexibility index (Phi) is 3.14. The molecule has 2 aromatic carbocycles. The molecule has 0 spiro atoms. The first-order valence-corrected chi connectivity index (χ1v) is 9.98. The van der Waals surface area contributed by atoms with Gasteiger partial charge in [-0.25, -0.2) is 0 Å². The van der Waals surface area contributed by atoms with Crippen molar-refractivity contribution in [3.8, 4) is 0 Å². The number of benzene rings is 2. The largest absolute Gasteiger partial charge is 0.0767 e. The van der Waals surface area contributed by atoms with Crippen LogP contribution in [0.5, 0.6) is 0 Å². The van der Waals surface area contributed by atoms with Gasteiger partial charge in [0.2, 0.25) is 0 Å². The third kappa shape index (κ3) is 2.23. The van der Waals surface area contributed by atoms with Crippen LogP contribution in [0.4, 0.5) is 0 Å². The van der Waals surface area contributed by atoms with E-state index in [9.17, 15) is 0 Å². The highest BCUT2D eigenvalue weighted by Crippen LogP contribution is 2.51. The Hall–Kier alpha value is -2.86. The molecule has 0 aromatic heterocycles. The van der Waals surface area contributed by atoms with E-state index in [-0.39, 0.29) is 0 Å². The average Bonchev–Trinajstić information content (AvgIpc) is 2.71. The Morgan fingerprint density at radius 1 is 0.889 bits per heavy atom. The Balaban J connectivity index is 1.52. The van der Waals surface area contributed by atoms with Gasteiger partial charge in [-0.05, 0) is 64.5 Å². The molecule has 4 aliphatic carbocycles. The molecule has 0 saturated heterocycles. The Labute approximate surface area is 160 Å². The first-order valence-electron chi connectivity index (χ1n) is 9.98. The quantitative estimate of drug-likeness (QED) is 0.529. The lowest BCUT2D eigenvalue weighted by atomic mass is 9.64. The van der Waals surface area contributed by atoms with Gasteiger partial charge in [0.15, 0.2) is 0 Å². The van der Waals surface area contributed by atoms with Gasteiger partial charge in [0.25, 0.3) is 0 Å². The summed E-state index contributed by atoms with van der Waals surface area (Å²) in [4.78, 5) is 0. The minimum atomic E-state index is 0.534. The third-order valence-electron chi connectivity index (χ3n) is 6.57. The SMILES string of the molecule is Cc1ccc2cc(C3=CCC4=CCC5=CC=CC6C=CC3=C4C56)ccc2c1. The maximum absolute atomic E-state index is 2.46. The van der Waals surface area contributed by atoms with Crippen LogP contribution in [0.25, 0.3) is 16.3 Å². The van der Waals surface area contributed by atoms with Crippen molar-refractivity contribution in [1.82, 2.24) is 0 Å². The summed E-state index contributed by atoms with van der Waals surface area (Å²) in [7, 11) is 0. The van der Waals surface area contributed by atoms with E-state index < -0.39 is 0 Å². The van der Waals surface area contributed by atoms with Gasteiger partial charge in [0.05, 0.1) is 0 Å². The van der Waals surface area contributed by atoms with Crippen LogP contribution in [-0.4, -0.2) is 0 Å². The molecule has 6 rings (SSSR count). The molecular weight excluding hydrogens is 324 g/mol. The second-order valence-corrected chi connectivity index (χ2v) is 8.19. The molecule has 0 aliphatic heterocycles. The maximum Gasteiger partial charge on any atom is 0.0161 e. The standard InChI is InChI=1S/C27H22/c1-17-5-6-22-16-23(10-9-21(22)15-17)24-13-11-20-8-7-18-3-2-4-19-12-14-25(24)27(20)26(18)19/h2-6,8-10,12-16,19,26H,7,11H2,1H3. The summed E-state index contributed by atoms with van der Waals surface area (Å²) in [6, 6.07) is 13.7. The lowest BCUT2D eigenvalue weighted by Gasteiger charge is -2.40. The highest BCUT2D eigenvalue weighted by molar-refractivity contribution is 5.92. The van der Waals surface area contributed by atoms with E-state index in [0.29, 0.717) is 11.8 Å². The van der Waals surface area contributed by atoms with Gasteiger partial charge in [0.1, 0.15) is 0 Å². The van der Waals surface area contributed by atoms with Gasteiger partial charge in [0, 0.05) is 11.8 Å². The van der Waals surface area contributed by atoms with E-state index in [0.717, 1.165) is 12.8 Å². The van der Waals surface area contributed by atoms with Gasteiger partial charge in [-0.2, -0.15) is 0 Å². The summed E-state index contributed by atoms with van der Waals surface area (Å²) < 4.78 is 0. The van der Waals surface area contributed by atoms with Crippen LogP contribution in [0, 0.1) is 18.8 Å². The zero-order valence-electron chi connectivity index (χ0n) is 15.6. The first-order chi connectivity index (χ1) is 13.3. The fourth-order valence-electron chi connectivity index (χ4n) is 5.26. The van der Waals surface area contributed by atoms with Crippen molar-refractivity contribution in [2.75, 3.05) is 0 Å². The van der Waals surface area contributed by atoms with Crippen LogP contribution in [0.3, 0.4) is 0 Å². The molecule has 2 atom stereocenters. The summed E-state index contributed by atoms with van der Waals surface area (Å²) in [5.41, 5.74) is 10.2. The normalized spacial score (nSPS) is 25.1. The molecule has 0 nitrogen and oxygen atoms in total. The monoisotopic (exact) mass is 346 g/mol. The molecule has 130 valence electrons. The van der Waals surface area contributed by atoms with Crippen molar-refractivity contribution in [1.29, 1.82) is 0 Å². The topological polar surface area (TPSA) is 0 Å². The van der Waals surface area contributed by atoms with E-state index in [1.165, 1.54) is 33.0 Å². The molecule has 2 unspecified atom stereocenters. The number of hydrogen-bond acceptors (Lipinski definition) is 0. The fraction of sp³-hybridized carbons (Fsp3) is 0.185. The Morgan fingerprint density at radius 3 is 2.74 bits per heavy atom. The first kappa shape index (κ1) is 15.2. The Bertz CT molecular complexity index is 1170. The van der Waals surface area contributed by atoms with E-state index in [2.05, 4.69) is 85.9 Å². The molecule has 0 fully saturated rings. The van der Waals surface area contributed by atoms with Crippen molar-refractivity contribution in [3.63, 3.8) is 0 Å². The summed E-state index contributed by atoms with van der Waals surface area (Å²) in [6.07, 6.45) is 18.8. The third-order valence-corrected chi connectivity index (χ3v) is 6.57. The van der Waals surface area contributed by atoms with Crippen molar-refractivity contribution in [2.24, 2.45) is 11.8 Å². The number of hydrogen-bond donors (Lipinski definition) is 0. The molecule has 4 aliphatic rings. The van der Waals surface area contributed by atoms with Crippen molar-refractivity contribution in [2.45, 2.75) is 19.8 Å². The molecule has 27 heavy (non-hydrogen) atoms. The predicted octanol–water partition coefficient (Wildman–Crippen LogP) is 6.86. The van der Waals surface area contributed by atoms with Crippen LogP contribution in [0.15, 0.2) is 101 Å². The van der Waals surface area contributed by atoms with Gasteiger partial charge in [-0.3, -0.25) is 0 Å². The molecule has 0 heteroatoms. The van der Waals surface area contributed by atoms with Crippen LogP contribution in [-0.2, 0) is 0 Å². The van der Waals surface area contributed by atoms with Gasteiger partial charge in [-0.1, -0.05) is 84.0 Å². The number of rotatable bonds is 1. The minimum Gasteiger partial charge on any atom is -0.0767 e. The second-order valence-electron chi connectivity index (χ2n) is 8.19. The van der Waals surface area contributed by atoms with E-state index in [1.54, 1.807) is 16.7 Å². The summed E-state index contributed by atoms with van der Waals surface area (Å²) in [6.45, 7) is 2.16. The molecule has 0 radical (unpaired) electrons. The van der Waals surface area contributed by atoms with Crippen LogP contribution in [0.1, 0.15) is 24.0 Å². The summed E-state index contributed by atoms with van der Waals surface area (Å²) in [5, 5.41) is 2.65. The second kappa shape index (κ2) is 5.57. The zero-order chi connectivity index (χ0) is 18.0. The molecular formula is C27H22. The molecule has 0 N–H and O–H groups in total.